The van der Waals surface area contributed by atoms with Gasteiger partial charge in [-0.05, 0) is 36.6 Å². The fourth-order valence-corrected chi connectivity index (χ4v) is 3.33. The summed E-state index contributed by atoms with van der Waals surface area (Å²) in [5.41, 5.74) is 0.880. The predicted molar refractivity (Wildman–Crippen MR) is 124 cm³/mol. The number of aryl methyl sites for hydroxylation is 1. The first-order valence-electron chi connectivity index (χ1n) is 9.59. The summed E-state index contributed by atoms with van der Waals surface area (Å²) >= 11 is 0.974. The number of methoxy groups -OCH3 is 1. The van der Waals surface area contributed by atoms with E-state index in [-0.39, 0.29) is 27.8 Å². The summed E-state index contributed by atoms with van der Waals surface area (Å²) < 4.78 is 30.8. The van der Waals surface area contributed by atoms with E-state index in [0.29, 0.717) is 23.0 Å². The largest absolute Gasteiger partial charge is 0.497 e. The molecular formula is C22H18FN5O5S. The summed E-state index contributed by atoms with van der Waals surface area (Å²) in [5.74, 6) is -0.0703. The third-order valence-electron chi connectivity index (χ3n) is 4.28. The van der Waals surface area contributed by atoms with Gasteiger partial charge >= 0.3 is 6.09 Å². The van der Waals surface area contributed by atoms with Crippen molar-refractivity contribution in [2.45, 2.75) is 6.92 Å². The highest BCUT2D eigenvalue weighted by Crippen LogP contribution is 2.31. The lowest BCUT2D eigenvalue weighted by atomic mass is 10.1. The molecule has 0 aliphatic rings. The highest BCUT2D eigenvalue weighted by atomic mass is 32.2. The van der Waals surface area contributed by atoms with Gasteiger partial charge in [-0.15, -0.1) is 11.8 Å². The molecule has 1 aromatic heterocycles. The van der Waals surface area contributed by atoms with Crippen LogP contribution in [0.25, 0.3) is 11.4 Å². The number of carbonyl (C=O) groups is 1. The van der Waals surface area contributed by atoms with Crippen molar-refractivity contribution in [2.24, 2.45) is 9.98 Å². The molecule has 0 aliphatic heterocycles. The highest BCUT2D eigenvalue weighted by Gasteiger charge is 2.22. The normalized spacial score (nSPS) is 11.7. The number of ether oxygens (including phenoxy) is 2. The third-order valence-corrected chi connectivity index (χ3v) is 4.95. The van der Waals surface area contributed by atoms with Crippen molar-refractivity contribution in [2.75, 3.05) is 20.0 Å². The van der Waals surface area contributed by atoms with Crippen LogP contribution >= 0.6 is 11.8 Å². The van der Waals surface area contributed by atoms with Crippen LogP contribution in [-0.4, -0.2) is 52.1 Å². The molecule has 10 nitrogen and oxygen atoms in total. The smallest absolute Gasteiger partial charge is 0.432 e. The van der Waals surface area contributed by atoms with Crippen LogP contribution in [-0.2, 0) is 0 Å². The van der Waals surface area contributed by atoms with E-state index in [0.717, 1.165) is 11.8 Å². The summed E-state index contributed by atoms with van der Waals surface area (Å²) in [4.78, 5) is 23.5. The number of nitriles is 1. The van der Waals surface area contributed by atoms with Crippen molar-refractivity contribution in [3.63, 3.8) is 0 Å². The lowest BCUT2D eigenvalue weighted by molar-refractivity contribution is 0.206. The molecule has 34 heavy (non-hydrogen) atoms. The Morgan fingerprint density at radius 3 is 2.62 bits per heavy atom. The number of carboxylic acid groups (broad SMARTS) is 1. The Morgan fingerprint density at radius 2 is 2.06 bits per heavy atom. The van der Waals surface area contributed by atoms with E-state index in [2.05, 4.69) is 20.1 Å². The first-order valence-corrected chi connectivity index (χ1v) is 10.8. The van der Waals surface area contributed by atoms with Gasteiger partial charge in [-0.2, -0.15) is 15.2 Å². The minimum atomic E-state index is -1.47. The van der Waals surface area contributed by atoms with Gasteiger partial charge in [-0.3, -0.25) is 0 Å². The number of hydrogen-bond acceptors (Lipinski definition) is 9. The van der Waals surface area contributed by atoms with Crippen molar-refractivity contribution < 1.29 is 28.3 Å². The number of thioether (sulfide) groups is 1. The van der Waals surface area contributed by atoms with Crippen LogP contribution in [0.4, 0.5) is 14.9 Å². The van der Waals surface area contributed by atoms with Crippen LogP contribution in [0.1, 0.15) is 11.5 Å². The van der Waals surface area contributed by atoms with E-state index < -0.39 is 18.5 Å². The molecule has 1 amide bonds. The van der Waals surface area contributed by atoms with Gasteiger partial charge in [0.15, 0.2) is 18.2 Å². The second kappa shape index (κ2) is 11.1. The average Bonchev–Trinajstić information content (AvgIpc) is 3.27. The third kappa shape index (κ3) is 5.76. The summed E-state index contributed by atoms with van der Waals surface area (Å²) in [6.07, 6.45) is 0.119. The van der Waals surface area contributed by atoms with Gasteiger partial charge in [-0.1, -0.05) is 5.16 Å². The minimum Gasteiger partial charge on any atom is -0.497 e. The van der Waals surface area contributed by atoms with Crippen LogP contribution in [0.5, 0.6) is 11.5 Å². The van der Waals surface area contributed by atoms with E-state index in [9.17, 15) is 9.90 Å². The predicted octanol–water partition coefficient (Wildman–Crippen LogP) is 4.66. The molecule has 1 heterocycles. The molecule has 0 fully saturated rings. The van der Waals surface area contributed by atoms with Crippen LogP contribution in [0.15, 0.2) is 50.9 Å². The number of hydrogen-bond donors (Lipinski definition) is 1. The van der Waals surface area contributed by atoms with Crippen molar-refractivity contribution in [3.05, 3.63) is 53.7 Å². The molecule has 0 aliphatic carbocycles. The van der Waals surface area contributed by atoms with Crippen LogP contribution in [0.3, 0.4) is 0 Å². The summed E-state index contributed by atoms with van der Waals surface area (Å²) in [6, 6.07) is 11.0. The van der Waals surface area contributed by atoms with Gasteiger partial charge in [0.05, 0.1) is 12.8 Å². The van der Waals surface area contributed by atoms with Crippen molar-refractivity contribution >= 4 is 34.3 Å². The molecule has 0 saturated heterocycles. The molecule has 0 unspecified atom stereocenters. The Morgan fingerprint density at radius 1 is 1.32 bits per heavy atom. The first kappa shape index (κ1) is 24.4. The molecule has 12 heteroatoms. The quantitative estimate of drug-likeness (QED) is 0.375. The molecule has 0 radical (unpaired) electrons. The van der Waals surface area contributed by atoms with Gasteiger partial charge in [0, 0.05) is 24.1 Å². The van der Waals surface area contributed by atoms with E-state index in [1.165, 1.54) is 19.2 Å². The number of amides is 1. The lowest BCUT2D eigenvalue weighted by Gasteiger charge is -2.14. The number of halogens is 1. The van der Waals surface area contributed by atoms with E-state index in [1.807, 2.05) is 0 Å². The monoisotopic (exact) mass is 483 g/mol. The van der Waals surface area contributed by atoms with E-state index in [1.54, 1.807) is 43.5 Å². The standard InChI is InChI=1S/C22H18FN5O5S/c1-12-25-20(28-33-12)13-4-6-14(7-5-13)26-19(21(34-3)27-22(29)30)16-10-15(31-2)11-17(18(16)23)32-9-8-24/h4-7,10-11H,9H2,1-3H3,(H,29,30). The van der Waals surface area contributed by atoms with E-state index >= 15 is 4.39 Å². The molecule has 174 valence electrons. The molecule has 0 bridgehead atoms. The number of rotatable bonds is 7. The molecule has 3 rings (SSSR count). The Labute approximate surface area is 197 Å². The zero-order chi connectivity index (χ0) is 24.7. The molecule has 3 aromatic rings. The number of nitrogens with zero attached hydrogens (tertiary/aromatic N) is 5. The van der Waals surface area contributed by atoms with Gasteiger partial charge in [0.2, 0.25) is 11.7 Å². The Hall–Kier alpha value is -4.24. The van der Waals surface area contributed by atoms with E-state index in [4.69, 9.17) is 19.3 Å². The first-order chi connectivity index (χ1) is 16.4. The van der Waals surface area contributed by atoms with Crippen molar-refractivity contribution in [3.8, 4) is 29.0 Å². The van der Waals surface area contributed by atoms with Crippen molar-refractivity contribution in [1.29, 1.82) is 5.26 Å². The van der Waals surface area contributed by atoms with Crippen molar-refractivity contribution in [1.82, 2.24) is 10.1 Å². The maximum atomic E-state index is 15.4. The van der Waals surface area contributed by atoms with Gasteiger partial charge in [-0.25, -0.2) is 14.2 Å². The zero-order valence-corrected chi connectivity index (χ0v) is 19.1. The topological polar surface area (TPSA) is 143 Å². The maximum absolute atomic E-state index is 15.4. The van der Waals surface area contributed by atoms with Gasteiger partial charge < -0.3 is 19.1 Å². The fourth-order valence-electron chi connectivity index (χ4n) is 2.81. The Kier molecular flexibility index (Phi) is 7.94. The highest BCUT2D eigenvalue weighted by molar-refractivity contribution is 8.15. The molecule has 0 spiro atoms. The second-order valence-electron chi connectivity index (χ2n) is 6.48. The number of benzene rings is 2. The molecule has 0 atom stereocenters. The van der Waals surface area contributed by atoms with Crippen LogP contribution < -0.4 is 9.47 Å². The number of aromatic nitrogens is 2. The fraction of sp³-hybridized carbons (Fsp3) is 0.182. The van der Waals surface area contributed by atoms with Gasteiger partial charge in [0.25, 0.3) is 0 Å². The van der Waals surface area contributed by atoms with Gasteiger partial charge in [0.1, 0.15) is 22.6 Å². The van der Waals surface area contributed by atoms with Crippen LogP contribution in [0.2, 0.25) is 0 Å². The van der Waals surface area contributed by atoms with Crippen LogP contribution in [0, 0.1) is 24.1 Å². The summed E-state index contributed by atoms with van der Waals surface area (Å²) in [5, 5.41) is 21.8. The molecule has 2 aromatic carbocycles. The second-order valence-corrected chi connectivity index (χ2v) is 7.28. The Bertz CT molecular complexity index is 1300. The Balaban J connectivity index is 2.16. The molecular weight excluding hydrogens is 465 g/mol. The summed E-state index contributed by atoms with van der Waals surface area (Å²) in [6.45, 7) is 1.27. The SMILES string of the molecule is COc1cc(OCC#N)c(F)c(C(=Nc2ccc(-c3noc(C)n3)cc2)C(=NC(=O)O)SC)c1. The molecule has 1 N–H and O–H groups in total. The maximum Gasteiger partial charge on any atom is 0.432 e. The molecule has 0 saturated carbocycles. The minimum absolute atomic E-state index is 0.0521. The zero-order valence-electron chi connectivity index (χ0n) is 18.3. The number of aliphatic imine (C=N–C) groups is 2. The average molecular weight is 483 g/mol. The lowest BCUT2D eigenvalue weighted by Crippen LogP contribution is -2.16. The summed E-state index contributed by atoms with van der Waals surface area (Å²) in [7, 11) is 1.38.